The van der Waals surface area contributed by atoms with E-state index >= 15 is 0 Å². The SMILES string of the molecule is CC[C@H](CN1CC[C@H](CNC(=O)c2ccc3cc(Cl)ccc3c2)C[C@@H](CCN2CCCCC2)[N+]1=O)c1ccccc1. The zero-order valence-electron chi connectivity index (χ0n) is 24.3. The lowest BCUT2D eigenvalue weighted by Gasteiger charge is -2.27. The number of hydrogen-bond acceptors (Lipinski definition) is 3. The van der Waals surface area contributed by atoms with Crippen LogP contribution in [-0.2, 0) is 0 Å². The molecule has 0 spiro atoms. The molecule has 6 nitrogen and oxygen atoms in total. The van der Waals surface area contributed by atoms with Gasteiger partial charge in [-0.15, -0.1) is 5.01 Å². The van der Waals surface area contributed by atoms with Gasteiger partial charge in [0.15, 0.2) is 0 Å². The van der Waals surface area contributed by atoms with E-state index in [-0.39, 0.29) is 17.9 Å². The third-order valence-corrected chi connectivity index (χ3v) is 9.27. The van der Waals surface area contributed by atoms with Gasteiger partial charge in [-0.1, -0.05) is 67.4 Å². The van der Waals surface area contributed by atoms with Crippen molar-refractivity contribution in [3.63, 3.8) is 0 Å². The molecule has 1 N–H and O–H groups in total. The van der Waals surface area contributed by atoms with Crippen LogP contribution < -0.4 is 5.32 Å². The molecule has 2 heterocycles. The highest BCUT2D eigenvalue weighted by molar-refractivity contribution is 6.31. The Morgan fingerprint density at radius 1 is 1.00 bits per heavy atom. The summed E-state index contributed by atoms with van der Waals surface area (Å²) in [5.74, 6) is 0.499. The van der Waals surface area contributed by atoms with Gasteiger partial charge in [0.05, 0.1) is 18.0 Å². The van der Waals surface area contributed by atoms with Crippen molar-refractivity contribution in [3.05, 3.63) is 87.8 Å². The van der Waals surface area contributed by atoms with Gasteiger partial charge in [0.1, 0.15) is 4.87 Å². The smallest absolute Gasteiger partial charge is 0.251 e. The average molecular weight is 576 g/mol. The topological polar surface area (TPSA) is 55.7 Å². The van der Waals surface area contributed by atoms with Crippen molar-refractivity contribution in [1.82, 2.24) is 15.2 Å². The summed E-state index contributed by atoms with van der Waals surface area (Å²) in [7, 11) is 0. The first kappa shape index (κ1) is 29.5. The summed E-state index contributed by atoms with van der Waals surface area (Å²) in [6.07, 6.45) is 7.36. The number of piperidine rings is 1. The van der Waals surface area contributed by atoms with Gasteiger partial charge in [0.2, 0.25) is 6.04 Å². The molecule has 5 rings (SSSR count). The first-order valence-electron chi connectivity index (χ1n) is 15.5. The van der Waals surface area contributed by atoms with Gasteiger partial charge in [0, 0.05) is 42.4 Å². The Labute approximate surface area is 249 Å². The van der Waals surface area contributed by atoms with E-state index in [9.17, 15) is 9.70 Å². The quantitative estimate of drug-likeness (QED) is 0.263. The van der Waals surface area contributed by atoms with E-state index in [0.29, 0.717) is 29.6 Å². The number of fused-ring (bicyclic) bond motifs is 1. The maximum atomic E-state index is 13.9. The van der Waals surface area contributed by atoms with E-state index < -0.39 is 0 Å². The van der Waals surface area contributed by atoms with Gasteiger partial charge in [-0.2, -0.15) is 0 Å². The molecule has 1 amide bonds. The number of likely N-dealkylation sites (tertiary alicyclic amines) is 1. The highest BCUT2D eigenvalue weighted by Crippen LogP contribution is 2.27. The number of carbonyl (C=O) groups excluding carboxylic acids is 1. The third-order valence-electron chi connectivity index (χ3n) is 9.03. The van der Waals surface area contributed by atoms with Crippen LogP contribution in [0.1, 0.15) is 73.7 Å². The van der Waals surface area contributed by atoms with Crippen molar-refractivity contribution in [3.8, 4) is 0 Å². The van der Waals surface area contributed by atoms with Crippen molar-refractivity contribution in [2.45, 2.75) is 63.8 Å². The van der Waals surface area contributed by atoms with Crippen LogP contribution in [0, 0.1) is 10.8 Å². The van der Waals surface area contributed by atoms with Crippen LogP contribution in [-0.4, -0.2) is 66.0 Å². The highest BCUT2D eigenvalue weighted by Gasteiger charge is 2.39. The number of nitrogens with one attached hydrogen (secondary N) is 1. The zero-order chi connectivity index (χ0) is 28.6. The van der Waals surface area contributed by atoms with Crippen LogP contribution in [0.15, 0.2) is 66.7 Å². The molecule has 2 aliphatic rings. The lowest BCUT2D eigenvalue weighted by atomic mass is 9.95. The van der Waals surface area contributed by atoms with E-state index in [2.05, 4.69) is 46.4 Å². The third kappa shape index (κ3) is 7.87. The summed E-state index contributed by atoms with van der Waals surface area (Å²) < 4.78 is 0. The maximum Gasteiger partial charge on any atom is 0.251 e. The number of amides is 1. The van der Waals surface area contributed by atoms with Crippen molar-refractivity contribution in [2.75, 3.05) is 39.3 Å². The summed E-state index contributed by atoms with van der Waals surface area (Å²) >= 11 is 6.12. The monoisotopic (exact) mass is 575 g/mol. The minimum Gasteiger partial charge on any atom is -0.352 e. The number of rotatable bonds is 10. The molecule has 218 valence electrons. The van der Waals surface area contributed by atoms with Crippen molar-refractivity contribution < 1.29 is 9.66 Å². The second-order valence-electron chi connectivity index (χ2n) is 11.9. The number of hydrazine groups is 1. The van der Waals surface area contributed by atoms with Crippen molar-refractivity contribution in [1.29, 1.82) is 0 Å². The second kappa shape index (κ2) is 14.3. The highest BCUT2D eigenvalue weighted by atomic mass is 35.5. The first-order valence-corrected chi connectivity index (χ1v) is 15.8. The molecule has 7 heteroatoms. The molecule has 0 bridgehead atoms. The Hall–Kier alpha value is -2.96. The summed E-state index contributed by atoms with van der Waals surface area (Å²) in [4.78, 5) is 30.9. The molecule has 0 radical (unpaired) electrons. The molecular formula is C34H44ClN4O2+. The second-order valence-corrected chi connectivity index (χ2v) is 12.3. The number of halogens is 1. The molecular weight excluding hydrogens is 532 g/mol. The van der Waals surface area contributed by atoms with Crippen molar-refractivity contribution >= 4 is 28.3 Å². The largest absolute Gasteiger partial charge is 0.352 e. The molecule has 41 heavy (non-hydrogen) atoms. The molecule has 2 fully saturated rings. The van der Waals surface area contributed by atoms with Crippen LogP contribution in [0.2, 0.25) is 5.02 Å². The molecule has 2 aliphatic heterocycles. The lowest BCUT2D eigenvalue weighted by molar-refractivity contribution is -0.734. The minimum absolute atomic E-state index is 0.0677. The Kier molecular flexibility index (Phi) is 10.3. The predicted octanol–water partition coefficient (Wildman–Crippen LogP) is 7.07. The maximum absolute atomic E-state index is 13.9. The average Bonchev–Trinajstić information content (AvgIpc) is 3.16. The van der Waals surface area contributed by atoms with Crippen LogP contribution in [0.25, 0.3) is 10.8 Å². The standard InChI is InChI=1S/C34H43ClN4O2/c1-2-27(28-9-5-3-6-10-28)25-38-20-15-26(21-33(39(38)41)16-19-37-17-7-4-8-18-37)24-36-34(40)31-12-11-30-23-32(35)14-13-29(30)22-31/h3,5-6,9-14,22-23,26-27,33H,2,4,7-8,15-21,24-25H2,1H3/p+1/t26-,27+,33+/m0/s1. The number of nitrogens with zero attached hydrogens (tertiary/aromatic N) is 3. The molecule has 3 aromatic rings. The van der Waals surface area contributed by atoms with Crippen LogP contribution >= 0.6 is 11.6 Å². The first-order chi connectivity index (χ1) is 20.0. The Bertz CT molecular complexity index is 1310. The van der Waals surface area contributed by atoms with E-state index in [1.165, 1.54) is 29.7 Å². The number of nitroso groups, excluding NO2 is 1. The van der Waals surface area contributed by atoms with Crippen LogP contribution in [0.3, 0.4) is 0 Å². The number of carbonyl (C=O) groups is 1. The Morgan fingerprint density at radius 2 is 1.76 bits per heavy atom. The predicted molar refractivity (Wildman–Crippen MR) is 167 cm³/mol. The summed E-state index contributed by atoms with van der Waals surface area (Å²) in [6.45, 7) is 7.47. The molecule has 0 aliphatic carbocycles. The van der Waals surface area contributed by atoms with Gasteiger partial charge in [-0.3, -0.25) is 4.79 Å². The number of hydrogen-bond donors (Lipinski definition) is 1. The molecule has 2 saturated heterocycles. The molecule has 3 aromatic carbocycles. The fourth-order valence-corrected chi connectivity index (χ4v) is 6.68. The number of benzene rings is 3. The van der Waals surface area contributed by atoms with Gasteiger partial charge < -0.3 is 10.2 Å². The van der Waals surface area contributed by atoms with Gasteiger partial charge in [-0.05, 0) is 85.3 Å². The van der Waals surface area contributed by atoms with Gasteiger partial charge in [-0.25, -0.2) is 0 Å². The summed E-state index contributed by atoms with van der Waals surface area (Å²) in [5.41, 5.74) is 1.94. The van der Waals surface area contributed by atoms with Crippen LogP contribution in [0.4, 0.5) is 0 Å². The molecule has 3 atom stereocenters. The Balaban J connectivity index is 1.26. The van der Waals surface area contributed by atoms with E-state index in [1.54, 1.807) is 0 Å². The van der Waals surface area contributed by atoms with Crippen LogP contribution in [0.5, 0.6) is 0 Å². The van der Waals surface area contributed by atoms with Gasteiger partial charge in [0.25, 0.3) is 5.91 Å². The van der Waals surface area contributed by atoms with Gasteiger partial charge >= 0.3 is 0 Å². The zero-order valence-corrected chi connectivity index (χ0v) is 25.1. The van der Waals surface area contributed by atoms with E-state index in [1.807, 2.05) is 42.5 Å². The fraction of sp³-hybridized carbons (Fsp3) is 0.500. The van der Waals surface area contributed by atoms with E-state index in [0.717, 1.165) is 62.6 Å². The van der Waals surface area contributed by atoms with Crippen molar-refractivity contribution in [2.24, 2.45) is 5.92 Å². The minimum atomic E-state index is -0.0833. The fourth-order valence-electron chi connectivity index (χ4n) is 6.50. The lowest BCUT2D eigenvalue weighted by Crippen LogP contribution is -2.43. The van der Waals surface area contributed by atoms with E-state index in [4.69, 9.17) is 11.6 Å². The Morgan fingerprint density at radius 3 is 2.54 bits per heavy atom. The normalized spacial score (nSPS) is 21.0. The molecule has 0 saturated carbocycles. The summed E-state index contributed by atoms with van der Waals surface area (Å²) in [5, 5.41) is 7.95. The molecule has 0 aromatic heterocycles. The molecule has 0 unspecified atom stereocenters. The summed E-state index contributed by atoms with van der Waals surface area (Å²) in [6, 6.07) is 21.9.